The van der Waals surface area contributed by atoms with Gasteiger partial charge in [0.05, 0.1) is 11.2 Å². The lowest BCUT2D eigenvalue weighted by Crippen LogP contribution is -1.84. The molecule has 0 amide bonds. The number of nitrogens with zero attached hydrogens (tertiary/aromatic N) is 4. The average Bonchev–Trinajstić information content (AvgIpc) is 2.73. The maximum atomic E-state index is 5.76. The normalized spacial score (nSPS) is 10.8. The molecular formula is C10H6ClN5. The number of rotatable bonds is 1. The molecule has 0 fully saturated rings. The van der Waals surface area contributed by atoms with Gasteiger partial charge in [-0.2, -0.15) is 0 Å². The molecule has 1 N–H and O–H groups in total. The van der Waals surface area contributed by atoms with Crippen molar-refractivity contribution in [3.8, 4) is 11.5 Å². The second-order valence-electron chi connectivity index (χ2n) is 3.21. The van der Waals surface area contributed by atoms with E-state index < -0.39 is 0 Å². The Morgan fingerprint density at radius 2 is 2.06 bits per heavy atom. The van der Waals surface area contributed by atoms with Crippen LogP contribution in [-0.2, 0) is 0 Å². The molecule has 78 valence electrons. The number of H-pyrrole nitrogens is 1. The van der Waals surface area contributed by atoms with Crippen molar-refractivity contribution in [2.75, 3.05) is 0 Å². The van der Waals surface area contributed by atoms with Crippen molar-refractivity contribution in [3.05, 3.63) is 35.9 Å². The summed E-state index contributed by atoms with van der Waals surface area (Å²) in [5, 5.41) is 0.597. The summed E-state index contributed by atoms with van der Waals surface area (Å²) in [5.74, 6) is 0.659. The van der Waals surface area contributed by atoms with E-state index in [2.05, 4.69) is 24.9 Å². The van der Waals surface area contributed by atoms with Gasteiger partial charge in [0.2, 0.25) is 0 Å². The van der Waals surface area contributed by atoms with E-state index in [1.165, 1.54) is 6.33 Å². The van der Waals surface area contributed by atoms with Gasteiger partial charge in [0.25, 0.3) is 0 Å². The predicted molar refractivity (Wildman–Crippen MR) is 59.9 cm³/mol. The number of pyridine rings is 1. The van der Waals surface area contributed by atoms with Crippen LogP contribution in [0.3, 0.4) is 0 Å². The largest absolute Gasteiger partial charge is 0.334 e. The smallest absolute Gasteiger partial charge is 0.181 e. The third kappa shape index (κ3) is 1.51. The number of nitrogens with one attached hydrogen (secondary N) is 1. The van der Waals surface area contributed by atoms with Gasteiger partial charge in [0, 0.05) is 6.20 Å². The zero-order chi connectivity index (χ0) is 11.0. The van der Waals surface area contributed by atoms with E-state index in [4.69, 9.17) is 11.6 Å². The lowest BCUT2D eigenvalue weighted by molar-refractivity contribution is 1.20. The van der Waals surface area contributed by atoms with Gasteiger partial charge in [0.1, 0.15) is 17.5 Å². The van der Waals surface area contributed by atoms with Gasteiger partial charge in [0.15, 0.2) is 11.5 Å². The second kappa shape index (κ2) is 3.53. The highest BCUT2D eigenvalue weighted by Gasteiger charge is 2.06. The molecule has 0 bridgehead atoms. The van der Waals surface area contributed by atoms with Crippen LogP contribution in [0.2, 0.25) is 5.02 Å². The van der Waals surface area contributed by atoms with Crippen LogP contribution in [0.1, 0.15) is 0 Å². The molecule has 3 rings (SSSR count). The van der Waals surface area contributed by atoms with E-state index >= 15 is 0 Å². The molecule has 0 aliphatic heterocycles. The summed E-state index contributed by atoms with van der Waals surface area (Å²) in [6, 6.07) is 3.57. The monoisotopic (exact) mass is 231 g/mol. The van der Waals surface area contributed by atoms with Crippen molar-refractivity contribution < 1.29 is 0 Å². The van der Waals surface area contributed by atoms with Crippen molar-refractivity contribution in [1.82, 2.24) is 24.9 Å². The van der Waals surface area contributed by atoms with E-state index in [9.17, 15) is 0 Å². The number of aromatic amines is 1. The molecule has 0 atom stereocenters. The Labute approximate surface area is 95.6 Å². The molecule has 0 saturated heterocycles. The highest BCUT2D eigenvalue weighted by atomic mass is 35.5. The fourth-order valence-electron chi connectivity index (χ4n) is 1.40. The van der Waals surface area contributed by atoms with Crippen LogP contribution < -0.4 is 0 Å². The summed E-state index contributed by atoms with van der Waals surface area (Å²) in [6.07, 6.45) is 4.72. The first-order valence-electron chi connectivity index (χ1n) is 4.60. The van der Waals surface area contributed by atoms with Gasteiger partial charge in [-0.25, -0.2) is 15.0 Å². The van der Waals surface area contributed by atoms with Crippen molar-refractivity contribution in [1.29, 1.82) is 0 Å². The molecule has 0 radical (unpaired) electrons. The number of fused-ring (bicyclic) bond motifs is 1. The van der Waals surface area contributed by atoms with E-state index in [1.54, 1.807) is 24.5 Å². The zero-order valence-electron chi connectivity index (χ0n) is 8.05. The number of halogens is 1. The first kappa shape index (κ1) is 9.23. The Morgan fingerprint density at radius 1 is 1.12 bits per heavy atom. The molecule has 6 heteroatoms. The maximum Gasteiger partial charge on any atom is 0.181 e. The molecule has 0 spiro atoms. The molecule has 3 aromatic rings. The number of hydrogen-bond donors (Lipinski definition) is 1. The van der Waals surface area contributed by atoms with Crippen LogP contribution in [0.15, 0.2) is 30.9 Å². The lowest BCUT2D eigenvalue weighted by atomic mass is 10.3. The highest BCUT2D eigenvalue weighted by molar-refractivity contribution is 6.30. The summed E-state index contributed by atoms with van der Waals surface area (Å²) in [4.78, 5) is 19.5. The molecule has 3 heterocycles. The van der Waals surface area contributed by atoms with Crippen LogP contribution in [0.25, 0.3) is 22.7 Å². The van der Waals surface area contributed by atoms with Gasteiger partial charge in [-0.1, -0.05) is 11.6 Å². The Kier molecular flexibility index (Phi) is 2.04. The van der Waals surface area contributed by atoms with Gasteiger partial charge >= 0.3 is 0 Å². The van der Waals surface area contributed by atoms with Crippen molar-refractivity contribution in [3.63, 3.8) is 0 Å². The molecule has 0 aliphatic carbocycles. The molecule has 0 aliphatic rings. The van der Waals surface area contributed by atoms with Crippen molar-refractivity contribution >= 4 is 22.8 Å². The molecule has 16 heavy (non-hydrogen) atoms. The summed E-state index contributed by atoms with van der Waals surface area (Å²) in [6.45, 7) is 0. The molecule has 5 nitrogen and oxygen atoms in total. The standard InChI is InChI=1S/C10H6ClN5/c11-6-1-2-7(13-3-6)10-15-8-4-12-5-14-9(8)16-10/h1-5H,(H,12,14,15,16). The first-order chi connectivity index (χ1) is 7.83. The van der Waals surface area contributed by atoms with Crippen molar-refractivity contribution in [2.45, 2.75) is 0 Å². The Morgan fingerprint density at radius 3 is 2.81 bits per heavy atom. The van der Waals surface area contributed by atoms with Gasteiger partial charge in [-0.3, -0.25) is 4.98 Å². The van der Waals surface area contributed by atoms with Crippen LogP contribution in [-0.4, -0.2) is 24.9 Å². The van der Waals surface area contributed by atoms with Crippen LogP contribution in [0.5, 0.6) is 0 Å². The summed E-state index contributed by atoms with van der Waals surface area (Å²) < 4.78 is 0. The summed E-state index contributed by atoms with van der Waals surface area (Å²) in [7, 11) is 0. The maximum absolute atomic E-state index is 5.76. The van der Waals surface area contributed by atoms with Gasteiger partial charge in [-0.05, 0) is 12.1 Å². The van der Waals surface area contributed by atoms with E-state index in [0.717, 1.165) is 11.2 Å². The number of imidazole rings is 1. The SMILES string of the molecule is Clc1ccc(-c2nc3ncncc3[nH]2)nc1. The lowest BCUT2D eigenvalue weighted by Gasteiger charge is -1.94. The molecule has 0 saturated carbocycles. The fourth-order valence-corrected chi connectivity index (χ4v) is 1.51. The number of aromatic nitrogens is 5. The van der Waals surface area contributed by atoms with Gasteiger partial charge in [-0.15, -0.1) is 0 Å². The van der Waals surface area contributed by atoms with Crippen LogP contribution in [0, 0.1) is 0 Å². The highest BCUT2D eigenvalue weighted by Crippen LogP contribution is 2.17. The Hall–Kier alpha value is -2.01. The third-order valence-corrected chi connectivity index (χ3v) is 2.36. The van der Waals surface area contributed by atoms with E-state index in [1.807, 2.05) is 0 Å². The zero-order valence-corrected chi connectivity index (χ0v) is 8.81. The quantitative estimate of drug-likeness (QED) is 0.696. The topological polar surface area (TPSA) is 67.3 Å². The van der Waals surface area contributed by atoms with E-state index in [0.29, 0.717) is 16.5 Å². The molecular weight excluding hydrogens is 226 g/mol. The van der Waals surface area contributed by atoms with Crippen LogP contribution >= 0.6 is 11.6 Å². The Balaban J connectivity index is 2.15. The van der Waals surface area contributed by atoms with Gasteiger partial charge < -0.3 is 4.98 Å². The molecule has 0 aromatic carbocycles. The predicted octanol–water partition coefficient (Wildman–Crippen LogP) is 2.07. The minimum absolute atomic E-state index is 0.597. The molecule has 0 unspecified atom stereocenters. The van der Waals surface area contributed by atoms with Crippen LogP contribution in [0.4, 0.5) is 0 Å². The Bertz CT molecular complexity index is 598. The van der Waals surface area contributed by atoms with E-state index in [-0.39, 0.29) is 0 Å². The van der Waals surface area contributed by atoms with Crippen molar-refractivity contribution in [2.24, 2.45) is 0 Å². The molecule has 3 aromatic heterocycles. The number of hydrogen-bond acceptors (Lipinski definition) is 4. The second-order valence-corrected chi connectivity index (χ2v) is 3.64. The minimum atomic E-state index is 0.597. The fraction of sp³-hybridized carbons (Fsp3) is 0. The summed E-state index contributed by atoms with van der Waals surface area (Å²) in [5.41, 5.74) is 2.14. The summed E-state index contributed by atoms with van der Waals surface area (Å²) >= 11 is 5.76. The average molecular weight is 232 g/mol. The first-order valence-corrected chi connectivity index (χ1v) is 4.98. The minimum Gasteiger partial charge on any atom is -0.334 e. The third-order valence-electron chi connectivity index (χ3n) is 2.13.